The molecule has 0 fully saturated rings. The maximum absolute atomic E-state index is 14.2. The molecule has 0 aliphatic carbocycles. The molecule has 1 N–H and O–H groups in total. The number of nitrogens with zero attached hydrogens (tertiary/aromatic N) is 1. The van der Waals surface area contributed by atoms with Crippen LogP contribution in [0.25, 0.3) is 0 Å². The summed E-state index contributed by atoms with van der Waals surface area (Å²) >= 11 is 3.03. The molecule has 10 heteroatoms. The van der Waals surface area contributed by atoms with E-state index in [-0.39, 0.29) is 33.1 Å². The van der Waals surface area contributed by atoms with Gasteiger partial charge in [0, 0.05) is 18.0 Å². The van der Waals surface area contributed by atoms with Crippen LogP contribution in [0.5, 0.6) is 17.4 Å². The van der Waals surface area contributed by atoms with Crippen molar-refractivity contribution >= 4 is 27.5 Å². The number of aromatic nitrogens is 1. The summed E-state index contributed by atoms with van der Waals surface area (Å²) in [6, 6.07) is 3.65. The fourth-order valence-corrected chi connectivity index (χ4v) is 2.48. The van der Waals surface area contributed by atoms with Crippen LogP contribution >= 0.6 is 15.9 Å². The fraction of sp³-hybridized carbons (Fsp3) is 0.143. The third-order valence-electron chi connectivity index (χ3n) is 3.02. The van der Waals surface area contributed by atoms with Gasteiger partial charge in [-0.3, -0.25) is 4.79 Å². The molecule has 1 aromatic heterocycles. The first-order valence-electron chi connectivity index (χ1n) is 6.40. The maximum Gasteiger partial charge on any atom is 0.586 e. The zero-order chi connectivity index (χ0) is 17.5. The van der Waals surface area contributed by atoms with Gasteiger partial charge in [-0.05, 0) is 28.1 Å². The first-order chi connectivity index (χ1) is 11.3. The van der Waals surface area contributed by atoms with Crippen molar-refractivity contribution in [2.24, 2.45) is 0 Å². The number of carbonyl (C=O) groups excluding carboxylic acids is 1. The molecule has 1 aliphatic heterocycles. The molecule has 2 heterocycles. The second-order valence-electron chi connectivity index (χ2n) is 4.59. The average Bonchev–Trinajstić information content (AvgIpc) is 2.80. The van der Waals surface area contributed by atoms with Crippen molar-refractivity contribution in [3.8, 4) is 17.4 Å². The van der Waals surface area contributed by atoms with Gasteiger partial charge in [0.05, 0.1) is 17.1 Å². The van der Waals surface area contributed by atoms with E-state index in [0.29, 0.717) is 0 Å². The fourth-order valence-electron chi connectivity index (χ4n) is 2.02. The van der Waals surface area contributed by atoms with Crippen LogP contribution in [0.3, 0.4) is 0 Å². The Morgan fingerprint density at radius 2 is 2.04 bits per heavy atom. The highest BCUT2D eigenvalue weighted by Crippen LogP contribution is 2.42. The zero-order valence-corrected chi connectivity index (χ0v) is 13.5. The van der Waals surface area contributed by atoms with Crippen molar-refractivity contribution in [3.63, 3.8) is 0 Å². The molecule has 2 aromatic rings. The number of pyridine rings is 1. The van der Waals surface area contributed by atoms with Crippen molar-refractivity contribution in [2.45, 2.75) is 6.29 Å². The number of amides is 1. The first-order valence-corrected chi connectivity index (χ1v) is 7.19. The van der Waals surface area contributed by atoms with Crippen molar-refractivity contribution in [3.05, 3.63) is 40.2 Å². The van der Waals surface area contributed by atoms with Crippen LogP contribution in [0.4, 0.5) is 18.9 Å². The van der Waals surface area contributed by atoms with E-state index < -0.39 is 18.0 Å². The highest BCUT2D eigenvalue weighted by molar-refractivity contribution is 9.10. The molecule has 0 saturated carbocycles. The Kier molecular flexibility index (Phi) is 3.99. The van der Waals surface area contributed by atoms with E-state index in [1.54, 1.807) is 0 Å². The molecule has 1 amide bonds. The predicted molar refractivity (Wildman–Crippen MR) is 79.0 cm³/mol. The first kappa shape index (κ1) is 16.4. The molecule has 0 bridgehead atoms. The quantitative estimate of drug-likeness (QED) is 0.846. The van der Waals surface area contributed by atoms with E-state index in [1.165, 1.54) is 25.4 Å². The molecule has 0 atom stereocenters. The molecular weight excluding hydrogens is 397 g/mol. The summed E-state index contributed by atoms with van der Waals surface area (Å²) in [6.07, 6.45) is -2.56. The van der Waals surface area contributed by atoms with Crippen molar-refractivity contribution in [1.82, 2.24) is 4.98 Å². The van der Waals surface area contributed by atoms with E-state index in [2.05, 4.69) is 35.7 Å². The van der Waals surface area contributed by atoms with Crippen LogP contribution < -0.4 is 19.5 Å². The third kappa shape index (κ3) is 2.96. The van der Waals surface area contributed by atoms with Gasteiger partial charge in [-0.1, -0.05) is 0 Å². The van der Waals surface area contributed by atoms with Gasteiger partial charge in [-0.2, -0.15) is 0 Å². The topological polar surface area (TPSA) is 69.7 Å². The molecule has 3 rings (SSSR count). The minimum atomic E-state index is -3.77. The number of alkyl halides is 2. The SMILES string of the molecule is COc1ncc(Br)c(C(=O)Nc2ccc3c(c2)OC(F)(F)O3)c1F. The van der Waals surface area contributed by atoms with Crippen LogP contribution in [0.2, 0.25) is 0 Å². The molecule has 0 unspecified atom stereocenters. The Labute approximate surface area is 141 Å². The second-order valence-corrected chi connectivity index (χ2v) is 5.44. The summed E-state index contributed by atoms with van der Waals surface area (Å²) in [6.45, 7) is 0. The van der Waals surface area contributed by atoms with Crippen LogP contribution in [-0.4, -0.2) is 24.3 Å². The summed E-state index contributed by atoms with van der Waals surface area (Å²) < 4.78 is 53.5. The Morgan fingerprint density at radius 1 is 1.33 bits per heavy atom. The molecule has 126 valence electrons. The molecular formula is C14H8BrF3N2O4. The van der Waals surface area contributed by atoms with E-state index in [9.17, 15) is 18.0 Å². The molecule has 0 saturated heterocycles. The van der Waals surface area contributed by atoms with Crippen molar-refractivity contribution in [2.75, 3.05) is 12.4 Å². The molecule has 1 aliphatic rings. The van der Waals surface area contributed by atoms with Gasteiger partial charge in [-0.25, -0.2) is 9.37 Å². The summed E-state index contributed by atoms with van der Waals surface area (Å²) in [5.74, 6) is -2.56. The lowest BCUT2D eigenvalue weighted by Crippen LogP contribution is -2.25. The second kappa shape index (κ2) is 5.86. The average molecular weight is 405 g/mol. The van der Waals surface area contributed by atoms with E-state index in [0.717, 1.165) is 6.07 Å². The predicted octanol–water partition coefficient (Wildman–Crippen LogP) is 3.57. The highest BCUT2D eigenvalue weighted by Gasteiger charge is 2.43. The molecule has 6 nitrogen and oxygen atoms in total. The largest absolute Gasteiger partial charge is 0.586 e. The minimum absolute atomic E-state index is 0.102. The molecule has 24 heavy (non-hydrogen) atoms. The highest BCUT2D eigenvalue weighted by atomic mass is 79.9. The zero-order valence-electron chi connectivity index (χ0n) is 11.9. The number of halogens is 4. The number of rotatable bonds is 3. The minimum Gasteiger partial charge on any atom is -0.479 e. The monoisotopic (exact) mass is 404 g/mol. The molecule has 1 aromatic carbocycles. The van der Waals surface area contributed by atoms with Crippen molar-refractivity contribution in [1.29, 1.82) is 0 Å². The van der Waals surface area contributed by atoms with Gasteiger partial charge in [-0.15, -0.1) is 8.78 Å². The van der Waals surface area contributed by atoms with E-state index >= 15 is 0 Å². The lowest BCUT2D eigenvalue weighted by atomic mass is 10.2. The summed E-state index contributed by atoms with van der Waals surface area (Å²) in [5, 5.41) is 2.38. The van der Waals surface area contributed by atoms with E-state index in [4.69, 9.17) is 4.74 Å². The normalized spacial score (nSPS) is 14.4. The van der Waals surface area contributed by atoms with Crippen LogP contribution in [0, 0.1) is 5.82 Å². The Balaban J connectivity index is 1.87. The molecule has 0 spiro atoms. The lowest BCUT2D eigenvalue weighted by molar-refractivity contribution is -0.286. The standard InChI is InChI=1S/C14H8BrF3N2O4/c1-22-13-11(16)10(7(15)5-19-13)12(21)20-6-2-3-8-9(4-6)24-14(17,18)23-8/h2-5H,1H3,(H,20,21). The number of methoxy groups -OCH3 is 1. The van der Waals surface area contributed by atoms with Crippen LogP contribution in [0.15, 0.2) is 28.9 Å². The summed E-state index contributed by atoms with van der Waals surface area (Å²) in [7, 11) is 1.21. The molecule has 0 radical (unpaired) electrons. The number of carbonyl (C=O) groups is 1. The number of ether oxygens (including phenoxy) is 3. The van der Waals surface area contributed by atoms with Crippen LogP contribution in [-0.2, 0) is 0 Å². The third-order valence-corrected chi connectivity index (χ3v) is 3.62. The van der Waals surface area contributed by atoms with Gasteiger partial charge >= 0.3 is 6.29 Å². The van der Waals surface area contributed by atoms with Gasteiger partial charge in [0.25, 0.3) is 11.8 Å². The smallest absolute Gasteiger partial charge is 0.479 e. The van der Waals surface area contributed by atoms with Gasteiger partial charge in [0.15, 0.2) is 17.3 Å². The number of fused-ring (bicyclic) bond motifs is 1. The van der Waals surface area contributed by atoms with Gasteiger partial charge < -0.3 is 19.5 Å². The van der Waals surface area contributed by atoms with E-state index in [1.807, 2.05) is 0 Å². The van der Waals surface area contributed by atoms with Gasteiger partial charge in [0.2, 0.25) is 0 Å². The summed E-state index contributed by atoms with van der Waals surface area (Å²) in [5.41, 5.74) is -0.230. The van der Waals surface area contributed by atoms with Gasteiger partial charge in [0.1, 0.15) is 0 Å². The maximum atomic E-state index is 14.2. The van der Waals surface area contributed by atoms with Crippen molar-refractivity contribution < 1.29 is 32.2 Å². The number of hydrogen-bond donors (Lipinski definition) is 1. The lowest BCUT2D eigenvalue weighted by Gasteiger charge is -2.10. The number of benzene rings is 1. The Morgan fingerprint density at radius 3 is 2.75 bits per heavy atom. The Bertz CT molecular complexity index is 832. The number of hydrogen-bond acceptors (Lipinski definition) is 5. The number of nitrogens with one attached hydrogen (secondary N) is 1. The Hall–Kier alpha value is -2.49. The van der Waals surface area contributed by atoms with Crippen LogP contribution in [0.1, 0.15) is 10.4 Å². The number of anilines is 1. The summed E-state index contributed by atoms with van der Waals surface area (Å²) in [4.78, 5) is 15.9.